The van der Waals surface area contributed by atoms with Gasteiger partial charge in [-0.05, 0) is 30.3 Å². The molecule has 0 atom stereocenters. The lowest BCUT2D eigenvalue weighted by Crippen LogP contribution is -2.07. The lowest BCUT2D eigenvalue weighted by atomic mass is 10.1. The third-order valence-corrected chi connectivity index (χ3v) is 4.11. The Bertz CT molecular complexity index is 776. The lowest BCUT2D eigenvalue weighted by molar-refractivity contribution is 0.102. The average molecular weight is 301 g/mol. The highest BCUT2D eigenvalue weighted by Crippen LogP contribution is 2.22. The van der Waals surface area contributed by atoms with Crippen LogP contribution in [0.25, 0.3) is 10.9 Å². The molecular weight excluding hydrogens is 286 g/mol. The van der Waals surface area contributed by atoms with Crippen molar-refractivity contribution < 1.29 is 4.79 Å². The number of aromatic amines is 1. The minimum atomic E-state index is 0.0655. The van der Waals surface area contributed by atoms with Crippen LogP contribution < -0.4 is 0 Å². The number of tetrazole rings is 1. The highest BCUT2D eigenvalue weighted by Gasteiger charge is 2.15. The van der Waals surface area contributed by atoms with E-state index in [1.165, 1.54) is 11.8 Å². The lowest BCUT2D eigenvalue weighted by Gasteiger charge is -2.06. The smallest absolute Gasteiger partial charge is 0.209 e. The van der Waals surface area contributed by atoms with Gasteiger partial charge in [0, 0.05) is 22.7 Å². The Morgan fingerprint density at radius 2 is 2.19 bits per heavy atom. The SMILES string of the molecule is CC(C)n1nnnc1SCC(=O)c1c[nH]c2ccccc12. The number of benzene rings is 1. The summed E-state index contributed by atoms with van der Waals surface area (Å²) in [7, 11) is 0. The summed E-state index contributed by atoms with van der Waals surface area (Å²) < 4.78 is 1.72. The van der Waals surface area contributed by atoms with E-state index in [-0.39, 0.29) is 11.8 Å². The van der Waals surface area contributed by atoms with E-state index in [2.05, 4.69) is 20.5 Å². The Morgan fingerprint density at radius 1 is 1.38 bits per heavy atom. The van der Waals surface area contributed by atoms with Crippen LogP contribution in [0.3, 0.4) is 0 Å². The van der Waals surface area contributed by atoms with E-state index in [1.807, 2.05) is 38.1 Å². The summed E-state index contributed by atoms with van der Waals surface area (Å²) >= 11 is 1.36. The van der Waals surface area contributed by atoms with Crippen molar-refractivity contribution in [1.82, 2.24) is 25.2 Å². The number of fused-ring (bicyclic) bond motifs is 1. The molecule has 0 fully saturated rings. The van der Waals surface area contributed by atoms with Crippen LogP contribution in [0.15, 0.2) is 35.6 Å². The molecule has 0 bridgehead atoms. The van der Waals surface area contributed by atoms with Gasteiger partial charge < -0.3 is 4.98 Å². The molecule has 0 unspecified atom stereocenters. The van der Waals surface area contributed by atoms with E-state index in [4.69, 9.17) is 0 Å². The van der Waals surface area contributed by atoms with Crippen molar-refractivity contribution in [2.24, 2.45) is 0 Å². The first-order chi connectivity index (χ1) is 10.2. The zero-order valence-corrected chi connectivity index (χ0v) is 12.6. The number of thioether (sulfide) groups is 1. The third kappa shape index (κ3) is 2.69. The molecule has 1 N–H and O–H groups in total. The monoisotopic (exact) mass is 301 g/mol. The van der Waals surface area contributed by atoms with Crippen LogP contribution in [0, 0.1) is 0 Å². The molecule has 0 spiro atoms. The molecule has 0 aliphatic heterocycles. The zero-order chi connectivity index (χ0) is 14.8. The van der Waals surface area contributed by atoms with Crippen molar-refractivity contribution in [3.63, 3.8) is 0 Å². The van der Waals surface area contributed by atoms with Gasteiger partial charge in [0.1, 0.15) is 0 Å². The summed E-state index contributed by atoms with van der Waals surface area (Å²) in [5, 5.41) is 13.2. The van der Waals surface area contributed by atoms with Crippen molar-refractivity contribution >= 4 is 28.4 Å². The largest absolute Gasteiger partial charge is 0.360 e. The first kappa shape index (κ1) is 13.8. The molecule has 0 saturated heterocycles. The van der Waals surface area contributed by atoms with Gasteiger partial charge in [0.05, 0.1) is 11.8 Å². The van der Waals surface area contributed by atoms with Crippen LogP contribution in [0.4, 0.5) is 0 Å². The molecule has 0 radical (unpaired) electrons. The Hall–Kier alpha value is -2.15. The molecule has 3 aromatic rings. The van der Waals surface area contributed by atoms with Crippen LogP contribution in [0.1, 0.15) is 30.2 Å². The van der Waals surface area contributed by atoms with E-state index in [9.17, 15) is 4.79 Å². The molecule has 0 saturated carbocycles. The summed E-state index contributed by atoms with van der Waals surface area (Å²) in [5.74, 6) is 0.380. The number of nitrogens with zero attached hydrogens (tertiary/aromatic N) is 4. The van der Waals surface area contributed by atoms with Gasteiger partial charge in [-0.3, -0.25) is 4.79 Å². The van der Waals surface area contributed by atoms with Crippen LogP contribution in [0.5, 0.6) is 0 Å². The Labute approximate surface area is 125 Å². The molecule has 108 valence electrons. The number of para-hydroxylation sites is 1. The topological polar surface area (TPSA) is 76.5 Å². The van der Waals surface area contributed by atoms with Gasteiger partial charge >= 0.3 is 0 Å². The number of H-pyrrole nitrogens is 1. The molecule has 1 aromatic carbocycles. The Morgan fingerprint density at radius 3 is 3.00 bits per heavy atom. The number of hydrogen-bond acceptors (Lipinski definition) is 5. The van der Waals surface area contributed by atoms with Gasteiger partial charge in [0.2, 0.25) is 5.16 Å². The first-order valence-electron chi connectivity index (χ1n) is 6.67. The van der Waals surface area contributed by atoms with Crippen LogP contribution in [-0.4, -0.2) is 36.7 Å². The first-order valence-corrected chi connectivity index (χ1v) is 7.65. The minimum absolute atomic E-state index is 0.0655. The van der Waals surface area contributed by atoms with Crippen molar-refractivity contribution in [2.45, 2.75) is 25.0 Å². The average Bonchev–Trinajstić information content (AvgIpc) is 3.11. The number of aromatic nitrogens is 5. The molecule has 6 nitrogen and oxygen atoms in total. The van der Waals surface area contributed by atoms with Gasteiger partial charge in [-0.2, -0.15) is 0 Å². The number of hydrogen-bond donors (Lipinski definition) is 1. The quantitative estimate of drug-likeness (QED) is 0.579. The number of carbonyl (C=O) groups is 1. The van der Waals surface area contributed by atoms with E-state index in [1.54, 1.807) is 10.9 Å². The second-order valence-electron chi connectivity index (χ2n) is 4.96. The summed E-state index contributed by atoms with van der Waals surface area (Å²) in [6, 6.07) is 7.95. The van der Waals surface area contributed by atoms with E-state index < -0.39 is 0 Å². The zero-order valence-electron chi connectivity index (χ0n) is 11.8. The number of carbonyl (C=O) groups excluding carboxylic acids is 1. The van der Waals surface area contributed by atoms with Gasteiger partial charge in [-0.1, -0.05) is 30.0 Å². The molecule has 21 heavy (non-hydrogen) atoms. The van der Waals surface area contributed by atoms with Gasteiger partial charge in [-0.15, -0.1) is 5.10 Å². The number of ketones is 1. The van der Waals surface area contributed by atoms with E-state index in [0.29, 0.717) is 16.5 Å². The van der Waals surface area contributed by atoms with E-state index in [0.717, 1.165) is 10.9 Å². The van der Waals surface area contributed by atoms with Crippen molar-refractivity contribution in [1.29, 1.82) is 0 Å². The highest BCUT2D eigenvalue weighted by atomic mass is 32.2. The number of nitrogens with one attached hydrogen (secondary N) is 1. The minimum Gasteiger partial charge on any atom is -0.360 e. The fourth-order valence-electron chi connectivity index (χ4n) is 2.11. The molecule has 2 heterocycles. The third-order valence-electron chi connectivity index (χ3n) is 3.17. The van der Waals surface area contributed by atoms with Crippen LogP contribution in [0.2, 0.25) is 0 Å². The molecule has 0 aliphatic carbocycles. The molecule has 7 heteroatoms. The molecule has 2 aromatic heterocycles. The van der Waals surface area contributed by atoms with Crippen molar-refractivity contribution in [3.05, 3.63) is 36.0 Å². The van der Waals surface area contributed by atoms with Gasteiger partial charge in [-0.25, -0.2) is 4.68 Å². The molecule has 0 aliphatic rings. The highest BCUT2D eigenvalue weighted by molar-refractivity contribution is 7.99. The maximum Gasteiger partial charge on any atom is 0.209 e. The van der Waals surface area contributed by atoms with Gasteiger partial charge in [0.15, 0.2) is 5.78 Å². The van der Waals surface area contributed by atoms with E-state index >= 15 is 0 Å². The fourth-order valence-corrected chi connectivity index (χ4v) is 3.00. The van der Waals surface area contributed by atoms with Crippen LogP contribution in [-0.2, 0) is 0 Å². The Balaban J connectivity index is 1.76. The number of Topliss-reactive ketones (excluding diaryl/α,β-unsaturated/α-hetero) is 1. The molecular formula is C14H15N5OS. The standard InChI is InChI=1S/C14H15N5OS/c1-9(2)19-14(16-17-18-19)21-8-13(20)11-7-15-12-6-4-3-5-10(11)12/h3-7,9,15H,8H2,1-2H3. The van der Waals surface area contributed by atoms with Crippen molar-refractivity contribution in [3.8, 4) is 0 Å². The second kappa shape index (κ2) is 5.69. The summed E-state index contributed by atoms with van der Waals surface area (Å²) in [6.07, 6.45) is 1.76. The maximum absolute atomic E-state index is 12.4. The second-order valence-corrected chi connectivity index (χ2v) is 5.90. The predicted octanol–water partition coefficient (Wildman–Crippen LogP) is 2.71. The fraction of sp³-hybridized carbons (Fsp3) is 0.286. The van der Waals surface area contributed by atoms with Crippen molar-refractivity contribution in [2.75, 3.05) is 5.75 Å². The summed E-state index contributed by atoms with van der Waals surface area (Å²) in [5.41, 5.74) is 1.68. The summed E-state index contributed by atoms with van der Waals surface area (Å²) in [6.45, 7) is 4.00. The summed E-state index contributed by atoms with van der Waals surface area (Å²) in [4.78, 5) is 15.5. The van der Waals surface area contributed by atoms with Gasteiger partial charge in [0.25, 0.3) is 0 Å². The predicted molar refractivity (Wildman–Crippen MR) is 81.6 cm³/mol. The maximum atomic E-state index is 12.4. The molecule has 3 rings (SSSR count). The number of rotatable bonds is 5. The normalized spacial score (nSPS) is 11.4. The van der Waals surface area contributed by atoms with Crippen LogP contribution >= 0.6 is 11.8 Å². The molecule has 0 amide bonds. The Kier molecular flexibility index (Phi) is 3.74.